The van der Waals surface area contributed by atoms with Crippen molar-refractivity contribution < 1.29 is 18.4 Å². The number of carbonyl (C=O) groups excluding carboxylic acids is 2. The van der Waals surface area contributed by atoms with Crippen LogP contribution in [0.5, 0.6) is 0 Å². The molecule has 0 bridgehead atoms. The summed E-state index contributed by atoms with van der Waals surface area (Å²) in [6.07, 6.45) is 3.03. The van der Waals surface area contributed by atoms with E-state index in [0.29, 0.717) is 27.6 Å². The zero-order valence-electron chi connectivity index (χ0n) is 19.2. The highest BCUT2D eigenvalue weighted by Gasteiger charge is 2.33. The fraction of sp³-hybridized carbons (Fsp3) is 0.222. The lowest BCUT2D eigenvalue weighted by Gasteiger charge is -2.39. The van der Waals surface area contributed by atoms with Gasteiger partial charge in [-0.25, -0.2) is 9.37 Å². The molecule has 0 aliphatic heterocycles. The number of hydrogen-bond donors (Lipinski definition) is 2. The molecule has 2 heterocycles. The highest BCUT2D eigenvalue weighted by Crippen LogP contribution is 2.38. The summed E-state index contributed by atoms with van der Waals surface area (Å²) in [5.41, 5.74) is 2.57. The molecule has 5 rings (SSSR count). The average Bonchev–Trinajstić information content (AvgIpc) is 3.20. The van der Waals surface area contributed by atoms with E-state index in [4.69, 9.17) is 16.0 Å². The maximum absolute atomic E-state index is 13.5. The molecule has 4 aromatic rings. The van der Waals surface area contributed by atoms with E-state index in [1.165, 1.54) is 31.3 Å². The summed E-state index contributed by atoms with van der Waals surface area (Å²) < 4.78 is 19.4. The van der Waals surface area contributed by atoms with Crippen LogP contribution >= 0.6 is 11.6 Å². The van der Waals surface area contributed by atoms with Crippen molar-refractivity contribution in [2.45, 2.75) is 31.7 Å². The van der Waals surface area contributed by atoms with E-state index < -0.39 is 5.82 Å². The van der Waals surface area contributed by atoms with Gasteiger partial charge in [-0.15, -0.1) is 0 Å². The molecule has 0 radical (unpaired) electrons. The number of fused-ring (bicyclic) bond motifs is 1. The summed E-state index contributed by atoms with van der Waals surface area (Å²) in [5.74, 6) is -0.654. The van der Waals surface area contributed by atoms with Crippen LogP contribution < -0.4 is 10.6 Å². The number of amides is 2. The van der Waals surface area contributed by atoms with Crippen LogP contribution in [0.4, 0.5) is 4.39 Å². The van der Waals surface area contributed by atoms with Crippen LogP contribution in [0.2, 0.25) is 5.15 Å². The Labute approximate surface area is 206 Å². The lowest BCUT2D eigenvalue weighted by molar-refractivity contribution is 0.0850. The topological polar surface area (TPSA) is 84.2 Å². The third-order valence-electron chi connectivity index (χ3n) is 6.50. The molecule has 6 nitrogen and oxygen atoms in total. The van der Waals surface area contributed by atoms with Crippen LogP contribution in [-0.4, -0.2) is 29.4 Å². The Bertz CT molecular complexity index is 1460. The van der Waals surface area contributed by atoms with E-state index in [1.807, 2.05) is 13.0 Å². The van der Waals surface area contributed by atoms with Crippen molar-refractivity contribution in [1.29, 1.82) is 0 Å². The Balaban J connectivity index is 1.60. The van der Waals surface area contributed by atoms with Gasteiger partial charge in [0.1, 0.15) is 16.7 Å². The number of furan rings is 1. The predicted octanol–water partition coefficient (Wildman–Crippen LogP) is 5.99. The van der Waals surface area contributed by atoms with E-state index in [0.717, 1.165) is 19.3 Å². The quantitative estimate of drug-likeness (QED) is 0.336. The summed E-state index contributed by atoms with van der Waals surface area (Å²) in [4.78, 5) is 30.1. The second kappa shape index (κ2) is 8.82. The molecule has 8 heteroatoms. The summed E-state index contributed by atoms with van der Waals surface area (Å²) in [6.45, 7) is 2.05. The van der Waals surface area contributed by atoms with Gasteiger partial charge in [0, 0.05) is 29.3 Å². The van der Waals surface area contributed by atoms with Crippen LogP contribution in [-0.2, 0) is 0 Å². The number of hydrogen-bond acceptors (Lipinski definition) is 4. The number of nitrogens with zero attached hydrogens (tertiary/aromatic N) is 1. The maximum atomic E-state index is 13.5. The molecule has 0 unspecified atom stereocenters. The fourth-order valence-corrected chi connectivity index (χ4v) is 4.61. The minimum absolute atomic E-state index is 0.146. The summed E-state index contributed by atoms with van der Waals surface area (Å²) in [7, 11) is 1.52. The van der Waals surface area contributed by atoms with Gasteiger partial charge in [-0.2, -0.15) is 0 Å². The number of pyridine rings is 1. The van der Waals surface area contributed by atoms with Crippen LogP contribution in [0, 0.1) is 5.82 Å². The van der Waals surface area contributed by atoms with Gasteiger partial charge in [0.05, 0.1) is 10.9 Å². The molecule has 178 valence electrons. The van der Waals surface area contributed by atoms with Crippen LogP contribution in [0.15, 0.2) is 59.0 Å². The van der Waals surface area contributed by atoms with Gasteiger partial charge in [0.2, 0.25) is 5.71 Å². The Kier molecular flexibility index (Phi) is 5.81. The van der Waals surface area contributed by atoms with Crippen molar-refractivity contribution in [2.24, 2.45) is 0 Å². The molecular formula is C27H23ClFN3O3. The van der Waals surface area contributed by atoms with Gasteiger partial charge in [0.15, 0.2) is 0 Å². The number of halogens is 2. The molecule has 1 saturated carbocycles. The smallest absolute Gasteiger partial charge is 0.255 e. The standard InChI is InChI=1S/C27H23ClFN3O3/c1-27(11-4-12-27)32-24(33)17-6-3-5-16(13-17)19-14-20-21(25(34)30-2)22(35-26(20)31-23(19)28)15-7-9-18(29)10-8-15/h3,5-10,13-14H,4,11-12H2,1-2H3,(H,30,34)(H,32,33). The molecule has 2 aromatic carbocycles. The Morgan fingerprint density at radius 3 is 2.46 bits per heavy atom. The van der Waals surface area contributed by atoms with Gasteiger partial charge < -0.3 is 15.1 Å². The number of carbonyl (C=O) groups is 2. The molecule has 2 aromatic heterocycles. The molecule has 0 saturated heterocycles. The van der Waals surface area contributed by atoms with Crippen molar-refractivity contribution in [3.63, 3.8) is 0 Å². The SMILES string of the molecule is CNC(=O)c1c(-c2ccc(F)cc2)oc2nc(Cl)c(-c3cccc(C(=O)NC4(C)CCC4)c3)cc12. The average molecular weight is 492 g/mol. The van der Waals surface area contributed by atoms with Gasteiger partial charge >= 0.3 is 0 Å². The third-order valence-corrected chi connectivity index (χ3v) is 6.79. The van der Waals surface area contributed by atoms with Gasteiger partial charge in [-0.05, 0) is 74.2 Å². The first-order valence-corrected chi connectivity index (χ1v) is 11.7. The first-order chi connectivity index (χ1) is 16.8. The number of aromatic nitrogens is 1. The fourth-order valence-electron chi connectivity index (χ4n) is 4.37. The van der Waals surface area contributed by atoms with Crippen molar-refractivity contribution in [1.82, 2.24) is 15.6 Å². The Morgan fingerprint density at radius 2 is 1.80 bits per heavy atom. The molecule has 2 amide bonds. The second-order valence-electron chi connectivity index (χ2n) is 9.02. The molecule has 1 fully saturated rings. The van der Waals surface area contributed by atoms with Crippen molar-refractivity contribution in [2.75, 3.05) is 7.05 Å². The maximum Gasteiger partial charge on any atom is 0.255 e. The molecule has 1 aliphatic carbocycles. The molecule has 35 heavy (non-hydrogen) atoms. The van der Waals surface area contributed by atoms with Crippen molar-refractivity contribution in [3.05, 3.63) is 76.7 Å². The van der Waals surface area contributed by atoms with E-state index in [1.54, 1.807) is 24.3 Å². The molecular weight excluding hydrogens is 469 g/mol. The van der Waals surface area contributed by atoms with Gasteiger partial charge in [-0.1, -0.05) is 23.7 Å². The molecule has 0 atom stereocenters. The lowest BCUT2D eigenvalue weighted by atomic mass is 9.78. The largest absolute Gasteiger partial charge is 0.437 e. The number of benzene rings is 2. The van der Waals surface area contributed by atoms with E-state index >= 15 is 0 Å². The highest BCUT2D eigenvalue weighted by molar-refractivity contribution is 6.32. The summed E-state index contributed by atoms with van der Waals surface area (Å²) >= 11 is 6.53. The van der Waals surface area contributed by atoms with Crippen molar-refractivity contribution >= 4 is 34.5 Å². The van der Waals surface area contributed by atoms with Gasteiger partial charge in [-0.3, -0.25) is 9.59 Å². The first kappa shape index (κ1) is 23.1. The Morgan fingerprint density at radius 1 is 1.06 bits per heavy atom. The minimum Gasteiger partial charge on any atom is -0.437 e. The molecule has 0 spiro atoms. The number of nitrogens with one attached hydrogen (secondary N) is 2. The monoisotopic (exact) mass is 491 g/mol. The summed E-state index contributed by atoms with van der Waals surface area (Å²) in [5, 5.41) is 6.36. The predicted molar refractivity (Wildman–Crippen MR) is 133 cm³/mol. The van der Waals surface area contributed by atoms with Crippen LogP contribution in [0.3, 0.4) is 0 Å². The molecule has 2 N–H and O–H groups in total. The van der Waals surface area contributed by atoms with Crippen LogP contribution in [0.25, 0.3) is 33.6 Å². The van der Waals surface area contributed by atoms with Crippen molar-refractivity contribution in [3.8, 4) is 22.5 Å². The summed E-state index contributed by atoms with van der Waals surface area (Å²) in [6, 6.07) is 14.5. The van der Waals surface area contributed by atoms with Gasteiger partial charge in [0.25, 0.3) is 11.8 Å². The number of rotatable bonds is 5. The second-order valence-corrected chi connectivity index (χ2v) is 9.38. The highest BCUT2D eigenvalue weighted by atomic mass is 35.5. The van der Waals surface area contributed by atoms with E-state index in [2.05, 4.69) is 15.6 Å². The lowest BCUT2D eigenvalue weighted by Crippen LogP contribution is -2.50. The normalized spacial score (nSPS) is 14.4. The molecule has 1 aliphatic rings. The van der Waals surface area contributed by atoms with Crippen LogP contribution in [0.1, 0.15) is 46.9 Å². The zero-order valence-corrected chi connectivity index (χ0v) is 20.0. The van der Waals surface area contributed by atoms with E-state index in [9.17, 15) is 14.0 Å². The van der Waals surface area contributed by atoms with E-state index in [-0.39, 0.29) is 39.5 Å². The zero-order chi connectivity index (χ0) is 24.7. The third kappa shape index (κ3) is 4.28. The minimum atomic E-state index is -0.398. The Hall–Kier alpha value is -3.71. The first-order valence-electron chi connectivity index (χ1n) is 11.3.